The highest BCUT2D eigenvalue weighted by Gasteiger charge is 2.13. The van der Waals surface area contributed by atoms with Gasteiger partial charge in [-0.05, 0) is 36.8 Å². The van der Waals surface area contributed by atoms with Crippen molar-refractivity contribution in [2.45, 2.75) is 19.1 Å². The third kappa shape index (κ3) is 5.14. The van der Waals surface area contributed by atoms with E-state index in [0.717, 1.165) is 11.1 Å². The van der Waals surface area contributed by atoms with Gasteiger partial charge in [-0.1, -0.05) is 41.4 Å². The van der Waals surface area contributed by atoms with Gasteiger partial charge in [0, 0.05) is 23.6 Å². The van der Waals surface area contributed by atoms with Crippen LogP contribution < -0.4 is 4.72 Å². The van der Waals surface area contributed by atoms with Crippen LogP contribution >= 0.6 is 11.6 Å². The molecule has 0 spiro atoms. The predicted octanol–water partition coefficient (Wildman–Crippen LogP) is 3.36. The van der Waals surface area contributed by atoms with Gasteiger partial charge in [0.05, 0.1) is 5.75 Å². The summed E-state index contributed by atoms with van der Waals surface area (Å²) in [5.74, 6) is 0.700. The second-order valence-corrected chi connectivity index (χ2v) is 8.14. The van der Waals surface area contributed by atoms with Gasteiger partial charge in [0.25, 0.3) is 0 Å². The normalized spacial score (nSPS) is 11.6. The Morgan fingerprint density at radius 1 is 1.12 bits per heavy atom. The van der Waals surface area contributed by atoms with E-state index in [4.69, 9.17) is 16.0 Å². The molecule has 6 nitrogen and oxygen atoms in total. The van der Waals surface area contributed by atoms with E-state index in [0.29, 0.717) is 28.8 Å². The van der Waals surface area contributed by atoms with Crippen molar-refractivity contribution in [3.05, 3.63) is 70.6 Å². The van der Waals surface area contributed by atoms with E-state index in [1.165, 1.54) is 0 Å². The fourth-order valence-corrected chi connectivity index (χ4v) is 3.69. The Morgan fingerprint density at radius 3 is 2.62 bits per heavy atom. The molecule has 0 saturated heterocycles. The lowest BCUT2D eigenvalue weighted by Gasteiger charge is -2.05. The minimum atomic E-state index is -3.45. The first-order chi connectivity index (χ1) is 12.4. The highest BCUT2D eigenvalue weighted by Crippen LogP contribution is 2.19. The van der Waals surface area contributed by atoms with Crippen molar-refractivity contribution in [1.82, 2.24) is 14.9 Å². The van der Waals surface area contributed by atoms with E-state index in [1.807, 2.05) is 31.2 Å². The lowest BCUT2D eigenvalue weighted by atomic mass is 10.1. The van der Waals surface area contributed by atoms with Crippen molar-refractivity contribution >= 4 is 21.6 Å². The molecule has 8 heteroatoms. The maximum absolute atomic E-state index is 12.1. The fraction of sp³-hybridized carbons (Fsp3) is 0.222. The number of aryl methyl sites for hydroxylation is 1. The first-order valence-corrected chi connectivity index (χ1v) is 10.1. The zero-order valence-corrected chi connectivity index (χ0v) is 15.7. The van der Waals surface area contributed by atoms with Gasteiger partial charge in [0.2, 0.25) is 21.8 Å². The Kier molecular flexibility index (Phi) is 5.70. The van der Waals surface area contributed by atoms with Gasteiger partial charge < -0.3 is 4.42 Å². The summed E-state index contributed by atoms with van der Waals surface area (Å²) < 4.78 is 32.4. The number of sulfonamides is 1. The maximum atomic E-state index is 12.1. The van der Waals surface area contributed by atoms with Gasteiger partial charge in [-0.25, -0.2) is 13.1 Å². The Labute approximate surface area is 157 Å². The molecule has 26 heavy (non-hydrogen) atoms. The van der Waals surface area contributed by atoms with Crippen LogP contribution in [0.25, 0.3) is 11.5 Å². The molecule has 0 fully saturated rings. The van der Waals surface area contributed by atoms with Crippen LogP contribution in [-0.2, 0) is 22.2 Å². The monoisotopic (exact) mass is 391 g/mol. The average molecular weight is 392 g/mol. The maximum Gasteiger partial charge on any atom is 0.247 e. The summed E-state index contributed by atoms with van der Waals surface area (Å²) in [5, 5.41) is 8.55. The van der Waals surface area contributed by atoms with Gasteiger partial charge in [-0.3, -0.25) is 0 Å². The molecule has 0 unspecified atom stereocenters. The Hall–Kier alpha value is -2.22. The summed E-state index contributed by atoms with van der Waals surface area (Å²) >= 11 is 5.80. The number of hydrogen-bond donors (Lipinski definition) is 1. The molecule has 1 N–H and O–H groups in total. The van der Waals surface area contributed by atoms with Crippen LogP contribution in [0.3, 0.4) is 0 Å². The number of halogens is 1. The first-order valence-electron chi connectivity index (χ1n) is 8.02. The van der Waals surface area contributed by atoms with Crippen LogP contribution in [0.4, 0.5) is 0 Å². The van der Waals surface area contributed by atoms with Crippen LogP contribution in [-0.4, -0.2) is 25.2 Å². The van der Waals surface area contributed by atoms with Crippen molar-refractivity contribution in [3.63, 3.8) is 0 Å². The molecule has 0 radical (unpaired) electrons. The van der Waals surface area contributed by atoms with Crippen LogP contribution in [0.5, 0.6) is 0 Å². The summed E-state index contributed by atoms with van der Waals surface area (Å²) in [4.78, 5) is 0. The van der Waals surface area contributed by atoms with Crippen LogP contribution in [0, 0.1) is 6.92 Å². The second kappa shape index (κ2) is 7.99. The molecule has 0 atom stereocenters. The zero-order valence-electron chi connectivity index (χ0n) is 14.1. The van der Waals surface area contributed by atoms with Crippen molar-refractivity contribution in [3.8, 4) is 11.5 Å². The molecule has 1 aromatic heterocycles. The summed E-state index contributed by atoms with van der Waals surface area (Å²) in [6.07, 6.45) is 0.318. The van der Waals surface area contributed by atoms with Crippen LogP contribution in [0.15, 0.2) is 52.9 Å². The Bertz CT molecular complexity index is 985. The Balaban J connectivity index is 1.55. The van der Waals surface area contributed by atoms with Gasteiger partial charge in [0.15, 0.2) is 0 Å². The molecule has 2 aromatic carbocycles. The number of hydrogen-bond acceptors (Lipinski definition) is 5. The van der Waals surface area contributed by atoms with Gasteiger partial charge in [0.1, 0.15) is 0 Å². The molecule has 3 aromatic rings. The van der Waals surface area contributed by atoms with E-state index >= 15 is 0 Å². The van der Waals surface area contributed by atoms with Crippen LogP contribution in [0.2, 0.25) is 5.02 Å². The van der Waals surface area contributed by atoms with Gasteiger partial charge >= 0.3 is 0 Å². The van der Waals surface area contributed by atoms with E-state index < -0.39 is 10.0 Å². The predicted molar refractivity (Wildman–Crippen MR) is 100 cm³/mol. The smallest absolute Gasteiger partial charge is 0.247 e. The third-order valence-electron chi connectivity index (χ3n) is 3.66. The molecule has 0 amide bonds. The fourth-order valence-electron chi connectivity index (χ4n) is 2.41. The highest BCUT2D eigenvalue weighted by atomic mass is 35.5. The third-order valence-corrected chi connectivity index (χ3v) is 5.27. The highest BCUT2D eigenvalue weighted by molar-refractivity contribution is 7.88. The summed E-state index contributed by atoms with van der Waals surface area (Å²) in [6, 6.07) is 14.4. The molecule has 0 aliphatic carbocycles. The minimum absolute atomic E-state index is 0.109. The standard InChI is InChI=1S/C18H18ClN3O3S/c1-13-3-2-4-15(11-13)18-22-21-17(25-18)9-10-20-26(23,24)12-14-5-7-16(19)8-6-14/h2-8,11,20H,9-10,12H2,1H3. The number of nitrogens with one attached hydrogen (secondary N) is 1. The Morgan fingerprint density at radius 2 is 1.88 bits per heavy atom. The molecule has 3 rings (SSSR count). The molecule has 0 saturated carbocycles. The zero-order chi connectivity index (χ0) is 18.6. The SMILES string of the molecule is Cc1cccc(-c2nnc(CCNS(=O)(=O)Cc3ccc(Cl)cc3)o2)c1. The lowest BCUT2D eigenvalue weighted by Crippen LogP contribution is -2.27. The summed E-state index contributed by atoms with van der Waals surface area (Å²) in [6.45, 7) is 2.17. The van der Waals surface area contributed by atoms with Crippen molar-refractivity contribution in [2.75, 3.05) is 6.54 Å². The molecule has 1 heterocycles. The average Bonchev–Trinajstić information content (AvgIpc) is 3.05. The van der Waals surface area contributed by atoms with E-state index in [-0.39, 0.29) is 12.3 Å². The molecule has 0 bridgehead atoms. The van der Waals surface area contributed by atoms with E-state index in [1.54, 1.807) is 24.3 Å². The molecular weight excluding hydrogens is 374 g/mol. The minimum Gasteiger partial charge on any atom is -0.421 e. The van der Waals surface area contributed by atoms with E-state index in [2.05, 4.69) is 14.9 Å². The molecule has 136 valence electrons. The summed E-state index contributed by atoms with van der Waals surface area (Å²) in [7, 11) is -3.45. The largest absolute Gasteiger partial charge is 0.421 e. The number of aromatic nitrogens is 2. The van der Waals surface area contributed by atoms with Crippen molar-refractivity contribution in [1.29, 1.82) is 0 Å². The quantitative estimate of drug-likeness (QED) is 0.667. The number of rotatable bonds is 7. The van der Waals surface area contributed by atoms with Gasteiger partial charge in [-0.2, -0.15) is 0 Å². The van der Waals surface area contributed by atoms with Crippen LogP contribution in [0.1, 0.15) is 17.0 Å². The molecule has 0 aliphatic heterocycles. The first kappa shape index (κ1) is 18.6. The molecule has 0 aliphatic rings. The molecular formula is C18H18ClN3O3S. The van der Waals surface area contributed by atoms with Crippen molar-refractivity contribution in [2.24, 2.45) is 0 Å². The second-order valence-electron chi connectivity index (χ2n) is 5.90. The summed E-state index contributed by atoms with van der Waals surface area (Å²) in [5.41, 5.74) is 2.60. The topological polar surface area (TPSA) is 85.1 Å². The van der Waals surface area contributed by atoms with Gasteiger partial charge in [-0.15, -0.1) is 10.2 Å². The van der Waals surface area contributed by atoms with E-state index in [9.17, 15) is 8.42 Å². The van der Waals surface area contributed by atoms with Crippen molar-refractivity contribution < 1.29 is 12.8 Å². The number of nitrogens with zero attached hydrogens (tertiary/aromatic N) is 2. The lowest BCUT2D eigenvalue weighted by molar-refractivity contribution is 0.502. The number of benzene rings is 2.